The lowest BCUT2D eigenvalue weighted by Crippen LogP contribution is -2.37. The molecule has 0 amide bonds. The van der Waals surface area contributed by atoms with Crippen LogP contribution in [0.25, 0.3) is 0 Å². The number of aliphatic hydroxyl groups excluding tert-OH is 1. The number of carbonyl (C=O) groups excluding carboxylic acids is 2. The van der Waals surface area contributed by atoms with Crippen LogP contribution in [0.4, 0.5) is 0 Å². The summed E-state index contributed by atoms with van der Waals surface area (Å²) in [5, 5.41) is 18.4. The molecule has 0 radical (unpaired) electrons. The third kappa shape index (κ3) is 30.6. The number of aliphatic hydroxyl groups is 1. The summed E-state index contributed by atoms with van der Waals surface area (Å²) in [6, 6.07) is 0. The first kappa shape index (κ1) is 43.2. The Morgan fingerprint density at radius 2 is 1.33 bits per heavy atom. The summed E-state index contributed by atoms with van der Waals surface area (Å²) in [6.07, 6.45) is 15.5. The number of unbranched alkanes of at least 4 members (excludes halogenated alkanes) is 12. The monoisotopic (exact) mass is 665 g/mol. The van der Waals surface area contributed by atoms with Crippen molar-refractivity contribution in [3.8, 4) is 0 Å². The van der Waals surface area contributed by atoms with Crippen molar-refractivity contribution in [2.75, 3.05) is 47.5 Å². The summed E-state index contributed by atoms with van der Waals surface area (Å²) in [5.74, 6) is -2.38. The van der Waals surface area contributed by atoms with Crippen LogP contribution in [0, 0.1) is 0 Å². The molecule has 0 saturated carbocycles. The molecule has 0 aromatic rings. The number of carboxylic acids is 1. The van der Waals surface area contributed by atoms with Crippen molar-refractivity contribution in [2.45, 2.75) is 128 Å². The number of rotatable bonds is 30. The number of nitrogens with zero attached hydrogens (tertiary/aromatic N) is 1. The van der Waals surface area contributed by atoms with Crippen molar-refractivity contribution < 1.29 is 57.1 Å². The topological polar surface area (TPSA) is 169 Å². The van der Waals surface area contributed by atoms with Gasteiger partial charge in [0.25, 0.3) is 7.82 Å². The average molecular weight is 666 g/mol. The lowest BCUT2D eigenvalue weighted by atomic mass is 10.0. The minimum atomic E-state index is -4.70. The Kier molecular flexibility index (Phi) is 25.2. The third-order valence-corrected chi connectivity index (χ3v) is 7.95. The van der Waals surface area contributed by atoms with Crippen LogP contribution in [0.5, 0.6) is 0 Å². The van der Waals surface area contributed by atoms with Crippen molar-refractivity contribution in [3.05, 3.63) is 12.2 Å². The summed E-state index contributed by atoms with van der Waals surface area (Å²) in [5.41, 5.74) is 0. The number of ether oxygens (including phenoxy) is 2. The van der Waals surface area contributed by atoms with Crippen LogP contribution in [0.15, 0.2) is 12.2 Å². The standard InChI is InChI=1S/C32H60NO11P/c1-5-6-7-8-9-10-11-12-13-14-15-16-17-20-31(37)41-26-29(27-43-45(39,40)42-25-24-33(2,3)4)44-32(38)21-18-19-28(34)22-23-30(35)36/h22-23,28-29,34H,5-21,24-27H2,1-4H3,(H-,35,36,39,40)/b23-22+/t28?,29-/m0/s1. The number of hydrogen-bond acceptors (Lipinski definition) is 10. The van der Waals surface area contributed by atoms with Crippen LogP contribution in [-0.4, -0.2) is 92.3 Å². The number of hydrogen-bond donors (Lipinski definition) is 2. The van der Waals surface area contributed by atoms with Gasteiger partial charge in [0.2, 0.25) is 0 Å². The summed E-state index contributed by atoms with van der Waals surface area (Å²) < 4.78 is 33.1. The molecule has 0 bridgehead atoms. The van der Waals surface area contributed by atoms with Gasteiger partial charge in [-0.1, -0.05) is 84.0 Å². The Labute approximate surface area is 270 Å². The highest BCUT2D eigenvalue weighted by Crippen LogP contribution is 2.38. The number of carbonyl (C=O) groups is 3. The number of likely N-dealkylation sites (N-methyl/N-ethyl adjacent to an activating group) is 1. The van der Waals surface area contributed by atoms with E-state index in [1.54, 1.807) is 0 Å². The van der Waals surface area contributed by atoms with Crippen molar-refractivity contribution in [1.82, 2.24) is 0 Å². The highest BCUT2D eigenvalue weighted by molar-refractivity contribution is 7.45. The Bertz CT molecular complexity index is 876. The molecule has 0 aliphatic heterocycles. The third-order valence-electron chi connectivity index (χ3n) is 6.98. The molecule has 2 unspecified atom stereocenters. The van der Waals surface area contributed by atoms with Crippen molar-refractivity contribution in [3.63, 3.8) is 0 Å². The largest absolute Gasteiger partial charge is 0.756 e. The summed E-state index contributed by atoms with van der Waals surface area (Å²) >= 11 is 0. The molecule has 0 heterocycles. The number of carboxylic acid groups (broad SMARTS) is 1. The van der Waals surface area contributed by atoms with Gasteiger partial charge in [-0.2, -0.15) is 0 Å². The molecule has 13 heteroatoms. The molecule has 0 saturated heterocycles. The van der Waals surface area contributed by atoms with Crippen LogP contribution in [-0.2, 0) is 37.5 Å². The predicted molar refractivity (Wildman–Crippen MR) is 170 cm³/mol. The maximum absolute atomic E-state index is 12.4. The second-order valence-corrected chi connectivity index (χ2v) is 13.9. The van der Waals surface area contributed by atoms with Crippen molar-refractivity contribution >= 4 is 25.7 Å². The quantitative estimate of drug-likeness (QED) is 0.0336. The van der Waals surface area contributed by atoms with Gasteiger partial charge in [0.15, 0.2) is 6.10 Å². The number of esters is 2. The Morgan fingerprint density at radius 1 is 0.800 bits per heavy atom. The fourth-order valence-corrected chi connectivity index (χ4v) is 5.02. The van der Waals surface area contributed by atoms with Gasteiger partial charge in [-0.05, 0) is 25.3 Å². The number of quaternary nitrogens is 1. The molecule has 264 valence electrons. The molecule has 45 heavy (non-hydrogen) atoms. The second-order valence-electron chi connectivity index (χ2n) is 12.5. The Hall–Kier alpha value is -1.82. The first-order chi connectivity index (χ1) is 21.2. The van der Waals surface area contributed by atoms with E-state index in [0.29, 0.717) is 17.4 Å². The molecule has 0 aromatic carbocycles. The zero-order chi connectivity index (χ0) is 34.0. The van der Waals surface area contributed by atoms with Gasteiger partial charge in [-0.15, -0.1) is 0 Å². The number of phosphoric acid groups is 1. The van der Waals surface area contributed by atoms with Crippen LogP contribution in [0.1, 0.15) is 116 Å². The van der Waals surface area contributed by atoms with Gasteiger partial charge in [-0.3, -0.25) is 14.2 Å². The van der Waals surface area contributed by atoms with E-state index in [9.17, 15) is 28.9 Å². The van der Waals surface area contributed by atoms with Crippen molar-refractivity contribution in [1.29, 1.82) is 0 Å². The van der Waals surface area contributed by atoms with E-state index >= 15 is 0 Å². The maximum Gasteiger partial charge on any atom is 0.328 e. The minimum absolute atomic E-state index is 0.0957. The highest BCUT2D eigenvalue weighted by Gasteiger charge is 2.22. The van der Waals surface area contributed by atoms with E-state index in [2.05, 4.69) is 6.92 Å². The van der Waals surface area contributed by atoms with Crippen LogP contribution in [0.3, 0.4) is 0 Å². The van der Waals surface area contributed by atoms with Crippen LogP contribution < -0.4 is 4.89 Å². The van der Waals surface area contributed by atoms with Gasteiger partial charge in [0.1, 0.15) is 19.8 Å². The lowest BCUT2D eigenvalue weighted by Gasteiger charge is -2.28. The molecule has 3 atom stereocenters. The fraction of sp³-hybridized carbons (Fsp3) is 0.844. The average Bonchev–Trinajstić information content (AvgIpc) is 2.95. The van der Waals surface area contributed by atoms with E-state index in [4.69, 9.17) is 23.6 Å². The van der Waals surface area contributed by atoms with E-state index in [-0.39, 0.29) is 38.9 Å². The number of phosphoric ester groups is 1. The van der Waals surface area contributed by atoms with E-state index < -0.39 is 44.5 Å². The lowest BCUT2D eigenvalue weighted by molar-refractivity contribution is -0.870. The zero-order valence-corrected chi connectivity index (χ0v) is 29.0. The molecule has 12 nitrogen and oxygen atoms in total. The Balaban J connectivity index is 4.52. The maximum atomic E-state index is 12.4. The van der Waals surface area contributed by atoms with Gasteiger partial charge < -0.3 is 38.1 Å². The second kappa shape index (κ2) is 26.3. The van der Waals surface area contributed by atoms with Crippen LogP contribution in [0.2, 0.25) is 0 Å². The van der Waals surface area contributed by atoms with Crippen LogP contribution >= 0.6 is 7.82 Å². The summed E-state index contributed by atoms with van der Waals surface area (Å²) in [4.78, 5) is 47.4. The summed E-state index contributed by atoms with van der Waals surface area (Å²) in [7, 11) is 0.937. The van der Waals surface area contributed by atoms with E-state index in [1.165, 1.54) is 57.8 Å². The first-order valence-corrected chi connectivity index (χ1v) is 18.0. The molecule has 0 aliphatic rings. The molecule has 0 spiro atoms. The fourth-order valence-electron chi connectivity index (χ4n) is 4.29. The van der Waals surface area contributed by atoms with Gasteiger partial charge in [0.05, 0.1) is 33.9 Å². The molecule has 0 fully saturated rings. The predicted octanol–water partition coefficient (Wildman–Crippen LogP) is 5.30. The smallest absolute Gasteiger partial charge is 0.328 e. The molecule has 2 N–H and O–H groups in total. The van der Waals surface area contributed by atoms with Gasteiger partial charge in [-0.25, -0.2) is 4.79 Å². The zero-order valence-electron chi connectivity index (χ0n) is 28.1. The van der Waals surface area contributed by atoms with Gasteiger partial charge >= 0.3 is 17.9 Å². The molecular weight excluding hydrogens is 605 g/mol. The molecular formula is C32H60NO11P. The number of aliphatic carboxylic acids is 1. The molecule has 0 rings (SSSR count). The minimum Gasteiger partial charge on any atom is -0.756 e. The normalized spacial score (nSPS) is 14.6. The SMILES string of the molecule is CCCCCCCCCCCCCCCC(=O)OC[C@@H](COP(=O)([O-])OCC[N+](C)(C)C)OC(=O)CCCC(O)/C=C/C(=O)O. The highest BCUT2D eigenvalue weighted by atomic mass is 31.2. The molecule has 0 aliphatic carbocycles. The van der Waals surface area contributed by atoms with Gasteiger partial charge in [0, 0.05) is 18.9 Å². The first-order valence-electron chi connectivity index (χ1n) is 16.6. The Morgan fingerprint density at radius 3 is 1.87 bits per heavy atom. The van der Waals surface area contributed by atoms with E-state index in [0.717, 1.165) is 31.4 Å². The summed E-state index contributed by atoms with van der Waals surface area (Å²) in [6.45, 7) is 1.57. The van der Waals surface area contributed by atoms with E-state index in [1.807, 2.05) is 21.1 Å². The molecule has 0 aromatic heterocycles. The van der Waals surface area contributed by atoms with Crippen molar-refractivity contribution in [2.24, 2.45) is 0 Å².